The van der Waals surface area contributed by atoms with Gasteiger partial charge in [-0.3, -0.25) is 4.98 Å². The second-order valence-electron chi connectivity index (χ2n) is 5.71. The molecule has 1 aliphatic rings. The molecule has 126 valence electrons. The molecule has 1 saturated heterocycles. The van der Waals surface area contributed by atoms with Crippen molar-refractivity contribution in [3.05, 3.63) is 89.8 Å². The third kappa shape index (κ3) is 3.37. The van der Waals surface area contributed by atoms with Gasteiger partial charge in [0.05, 0.1) is 5.69 Å². The molecule has 6 nitrogen and oxygen atoms in total. The smallest absolute Gasteiger partial charge is 0.408 e. The first kappa shape index (κ1) is 15.8. The largest absolute Gasteiger partial charge is 0.437 e. The molecule has 6 heteroatoms. The van der Waals surface area contributed by atoms with Crippen LogP contribution in [0.15, 0.2) is 67.4 Å². The molecular weight excluding hydrogens is 328 g/mol. The Bertz CT molecular complexity index is 981. The number of aromatic nitrogens is 3. The Kier molecular flexibility index (Phi) is 4.27. The molecule has 1 aromatic carbocycles. The van der Waals surface area contributed by atoms with Crippen molar-refractivity contribution in [3.8, 4) is 11.8 Å². The highest BCUT2D eigenvalue weighted by atomic mass is 16.6. The van der Waals surface area contributed by atoms with Crippen molar-refractivity contribution >= 4 is 6.09 Å². The number of hydrogen-bond donors (Lipinski definition) is 1. The van der Waals surface area contributed by atoms with Crippen molar-refractivity contribution in [2.45, 2.75) is 12.1 Å². The van der Waals surface area contributed by atoms with Crippen LogP contribution in [0.1, 0.15) is 34.5 Å². The lowest BCUT2D eigenvalue weighted by Gasteiger charge is -2.16. The topological polar surface area (TPSA) is 77.0 Å². The van der Waals surface area contributed by atoms with Crippen LogP contribution in [0.5, 0.6) is 0 Å². The minimum atomic E-state index is -0.537. The van der Waals surface area contributed by atoms with E-state index < -0.39 is 12.2 Å². The lowest BCUT2D eigenvalue weighted by atomic mass is 10.00. The normalized spacial score (nSPS) is 18.4. The Labute approximate surface area is 150 Å². The van der Waals surface area contributed by atoms with Gasteiger partial charge >= 0.3 is 6.09 Å². The minimum absolute atomic E-state index is 0.386. The Hall–Kier alpha value is -3.72. The molecule has 0 saturated carbocycles. The number of cyclic esters (lactones) is 1. The Morgan fingerprint density at radius 2 is 1.85 bits per heavy atom. The summed E-state index contributed by atoms with van der Waals surface area (Å²) >= 11 is 0. The minimum Gasteiger partial charge on any atom is -0.437 e. The fourth-order valence-corrected chi connectivity index (χ4v) is 2.74. The van der Waals surface area contributed by atoms with Crippen LogP contribution in [0.3, 0.4) is 0 Å². The van der Waals surface area contributed by atoms with E-state index in [1.54, 1.807) is 24.7 Å². The molecule has 4 rings (SSSR count). The molecule has 0 spiro atoms. The van der Waals surface area contributed by atoms with E-state index >= 15 is 0 Å². The molecule has 1 amide bonds. The zero-order valence-electron chi connectivity index (χ0n) is 13.7. The summed E-state index contributed by atoms with van der Waals surface area (Å²) in [6.45, 7) is 0. The highest BCUT2D eigenvalue weighted by Gasteiger charge is 2.37. The lowest BCUT2D eigenvalue weighted by molar-refractivity contribution is 0.129. The van der Waals surface area contributed by atoms with Crippen LogP contribution in [0, 0.1) is 11.8 Å². The average molecular weight is 342 g/mol. The molecule has 2 atom stereocenters. The monoisotopic (exact) mass is 342 g/mol. The molecule has 0 bridgehead atoms. The number of rotatable bonds is 2. The maximum atomic E-state index is 11.8. The zero-order valence-corrected chi connectivity index (χ0v) is 13.7. The van der Waals surface area contributed by atoms with E-state index in [0.717, 1.165) is 16.7 Å². The summed E-state index contributed by atoms with van der Waals surface area (Å²) in [4.78, 5) is 24.1. The highest BCUT2D eigenvalue weighted by Crippen LogP contribution is 2.35. The number of ether oxygens (including phenoxy) is 1. The maximum Gasteiger partial charge on any atom is 0.408 e. The summed E-state index contributed by atoms with van der Waals surface area (Å²) in [5.74, 6) is 6.20. The van der Waals surface area contributed by atoms with E-state index in [1.807, 2.05) is 36.4 Å². The molecule has 3 aromatic rings. The highest BCUT2D eigenvalue weighted by molar-refractivity contribution is 5.71. The maximum absolute atomic E-state index is 11.8. The van der Waals surface area contributed by atoms with Crippen LogP contribution in [-0.4, -0.2) is 21.0 Å². The summed E-state index contributed by atoms with van der Waals surface area (Å²) in [7, 11) is 0. The van der Waals surface area contributed by atoms with Gasteiger partial charge in [-0.05, 0) is 29.8 Å². The Balaban J connectivity index is 1.63. The molecule has 2 aromatic heterocycles. The first-order valence-corrected chi connectivity index (χ1v) is 8.05. The molecule has 0 radical (unpaired) electrons. The molecule has 1 fully saturated rings. The molecule has 3 heterocycles. The number of alkyl carbamates (subject to hydrolysis) is 1. The number of hydrogen-bond acceptors (Lipinski definition) is 5. The van der Waals surface area contributed by atoms with Gasteiger partial charge in [-0.25, -0.2) is 14.8 Å². The van der Waals surface area contributed by atoms with Gasteiger partial charge < -0.3 is 10.1 Å². The number of nitrogens with one attached hydrogen (secondary N) is 1. The van der Waals surface area contributed by atoms with Crippen LogP contribution in [-0.2, 0) is 4.74 Å². The number of nitrogens with zero attached hydrogens (tertiary/aromatic N) is 3. The quantitative estimate of drug-likeness (QED) is 0.725. The molecular formula is C20H14N4O2. The standard InChI is InChI=1S/C20H14N4O2/c25-20-24-18(19(26-20)17-8-9-21-13-23-17)16-10-15(11-22-12-16)7-6-14-4-2-1-3-5-14/h1-5,8-13,18-19H,(H,24,25)/t18-,19-/m1/s1. The van der Waals surface area contributed by atoms with Crippen molar-refractivity contribution in [1.29, 1.82) is 0 Å². The van der Waals surface area contributed by atoms with Crippen LogP contribution < -0.4 is 5.32 Å². The van der Waals surface area contributed by atoms with E-state index in [9.17, 15) is 4.79 Å². The summed E-state index contributed by atoms with van der Waals surface area (Å²) in [5.41, 5.74) is 3.12. The van der Waals surface area contributed by atoms with E-state index in [-0.39, 0.29) is 6.04 Å². The Morgan fingerprint density at radius 3 is 2.65 bits per heavy atom. The molecule has 1 aliphatic heterocycles. The van der Waals surface area contributed by atoms with Crippen molar-refractivity contribution < 1.29 is 9.53 Å². The third-order valence-electron chi connectivity index (χ3n) is 3.95. The van der Waals surface area contributed by atoms with Gasteiger partial charge in [-0.2, -0.15) is 0 Å². The summed E-state index contributed by atoms with van der Waals surface area (Å²) in [6, 6.07) is 13.0. The molecule has 0 unspecified atom stereocenters. The second-order valence-corrected chi connectivity index (χ2v) is 5.71. The van der Waals surface area contributed by atoms with E-state index in [4.69, 9.17) is 4.74 Å². The first-order chi connectivity index (χ1) is 12.8. The average Bonchev–Trinajstić information content (AvgIpc) is 3.10. The SMILES string of the molecule is O=C1N[C@H](c2cncc(C#Cc3ccccc3)c2)[C@@H](c2ccncn2)O1. The van der Waals surface area contributed by atoms with Gasteiger partial charge in [0.2, 0.25) is 0 Å². The molecule has 1 N–H and O–H groups in total. The van der Waals surface area contributed by atoms with Crippen LogP contribution >= 0.6 is 0 Å². The van der Waals surface area contributed by atoms with Gasteiger partial charge in [0.25, 0.3) is 0 Å². The van der Waals surface area contributed by atoms with Gasteiger partial charge in [-0.1, -0.05) is 30.0 Å². The van der Waals surface area contributed by atoms with Crippen molar-refractivity contribution in [1.82, 2.24) is 20.3 Å². The number of amides is 1. The summed E-state index contributed by atoms with van der Waals surface area (Å²) in [5, 5.41) is 2.81. The lowest BCUT2D eigenvalue weighted by Crippen LogP contribution is -2.20. The molecule has 0 aliphatic carbocycles. The first-order valence-electron chi connectivity index (χ1n) is 8.05. The van der Waals surface area contributed by atoms with Gasteiger partial charge in [0.1, 0.15) is 12.4 Å². The fraction of sp³-hybridized carbons (Fsp3) is 0.100. The second kappa shape index (κ2) is 7.03. The predicted octanol–water partition coefficient (Wildman–Crippen LogP) is 2.79. The zero-order chi connectivity index (χ0) is 17.8. The number of pyridine rings is 1. The van der Waals surface area contributed by atoms with Crippen LogP contribution in [0.25, 0.3) is 0 Å². The predicted molar refractivity (Wildman–Crippen MR) is 93.8 cm³/mol. The molecule has 26 heavy (non-hydrogen) atoms. The van der Waals surface area contributed by atoms with Crippen molar-refractivity contribution in [2.24, 2.45) is 0 Å². The van der Waals surface area contributed by atoms with Crippen LogP contribution in [0.4, 0.5) is 4.79 Å². The summed E-state index contributed by atoms with van der Waals surface area (Å²) < 4.78 is 5.38. The van der Waals surface area contributed by atoms with Crippen molar-refractivity contribution in [2.75, 3.05) is 0 Å². The fourth-order valence-electron chi connectivity index (χ4n) is 2.74. The van der Waals surface area contributed by atoms with E-state index in [0.29, 0.717) is 5.69 Å². The van der Waals surface area contributed by atoms with Crippen LogP contribution in [0.2, 0.25) is 0 Å². The van der Waals surface area contributed by atoms with Gasteiger partial charge in [0, 0.05) is 29.7 Å². The third-order valence-corrected chi connectivity index (χ3v) is 3.95. The van der Waals surface area contributed by atoms with E-state index in [1.165, 1.54) is 6.33 Å². The van der Waals surface area contributed by atoms with Gasteiger partial charge in [0.15, 0.2) is 6.10 Å². The number of carbonyl (C=O) groups is 1. The number of carbonyl (C=O) groups excluding carboxylic acids is 1. The van der Waals surface area contributed by atoms with E-state index in [2.05, 4.69) is 32.1 Å². The summed E-state index contributed by atoms with van der Waals surface area (Å²) in [6.07, 6.45) is 5.41. The van der Waals surface area contributed by atoms with Crippen molar-refractivity contribution in [3.63, 3.8) is 0 Å². The number of benzene rings is 1. The Morgan fingerprint density at radius 1 is 1.00 bits per heavy atom. The van der Waals surface area contributed by atoms with Gasteiger partial charge in [-0.15, -0.1) is 0 Å².